The van der Waals surface area contributed by atoms with E-state index in [9.17, 15) is 14.4 Å². The molecule has 2 aliphatic rings. The van der Waals surface area contributed by atoms with Gasteiger partial charge in [0, 0.05) is 23.9 Å². The van der Waals surface area contributed by atoms with Crippen molar-refractivity contribution in [2.75, 3.05) is 13.2 Å². The molecule has 1 aromatic carbocycles. The largest absolute Gasteiger partial charge is 0.465 e. The van der Waals surface area contributed by atoms with Crippen LogP contribution in [0.2, 0.25) is 0 Å². The van der Waals surface area contributed by atoms with E-state index in [1.807, 2.05) is 30.3 Å². The van der Waals surface area contributed by atoms with Crippen molar-refractivity contribution in [3.05, 3.63) is 58.9 Å². The molecule has 0 amide bonds. The van der Waals surface area contributed by atoms with Crippen LogP contribution in [0.25, 0.3) is 0 Å². The summed E-state index contributed by atoms with van der Waals surface area (Å²) in [4.78, 5) is 37.9. The Hall–Kier alpha value is -2.89. The smallest absolute Gasteiger partial charge is 0.336 e. The summed E-state index contributed by atoms with van der Waals surface area (Å²) in [6, 6.07) is 9.81. The molecule has 0 aromatic heterocycles. The third-order valence-electron chi connectivity index (χ3n) is 4.81. The average Bonchev–Trinajstić information content (AvgIpc) is 2.68. The van der Waals surface area contributed by atoms with Crippen molar-refractivity contribution in [3.8, 4) is 0 Å². The first kappa shape index (κ1) is 18.9. The van der Waals surface area contributed by atoms with Crippen LogP contribution in [0.3, 0.4) is 0 Å². The van der Waals surface area contributed by atoms with Gasteiger partial charge in [0.2, 0.25) is 0 Å². The maximum Gasteiger partial charge on any atom is 0.336 e. The van der Waals surface area contributed by atoms with E-state index in [1.54, 1.807) is 13.8 Å². The number of allylic oxidation sites excluding steroid dienone is 1. The summed E-state index contributed by atoms with van der Waals surface area (Å²) in [5.74, 6) is -2.37. The van der Waals surface area contributed by atoms with Crippen LogP contribution in [0.4, 0.5) is 0 Å². The van der Waals surface area contributed by atoms with Gasteiger partial charge in [-0.1, -0.05) is 30.3 Å². The summed E-state index contributed by atoms with van der Waals surface area (Å²) in [6.45, 7) is 3.73. The molecule has 0 bridgehead atoms. The van der Waals surface area contributed by atoms with Crippen LogP contribution in [0, 0.1) is 5.92 Å². The predicted molar refractivity (Wildman–Crippen MR) is 98.4 cm³/mol. The number of carbonyl (C=O) groups excluding carboxylic acids is 3. The van der Waals surface area contributed by atoms with Crippen molar-refractivity contribution in [2.45, 2.75) is 32.6 Å². The summed E-state index contributed by atoms with van der Waals surface area (Å²) >= 11 is 0. The highest BCUT2D eigenvalue weighted by atomic mass is 16.5. The van der Waals surface area contributed by atoms with E-state index in [1.165, 1.54) is 6.20 Å². The Bertz CT molecular complexity index is 809. The van der Waals surface area contributed by atoms with E-state index in [-0.39, 0.29) is 36.9 Å². The first-order valence-electron chi connectivity index (χ1n) is 9.18. The lowest BCUT2D eigenvalue weighted by Gasteiger charge is -2.33. The zero-order valence-corrected chi connectivity index (χ0v) is 15.5. The molecule has 3 rings (SSSR count). The van der Waals surface area contributed by atoms with Crippen LogP contribution in [0.15, 0.2) is 53.4 Å². The second-order valence-electron chi connectivity index (χ2n) is 6.48. The number of esters is 2. The lowest BCUT2D eigenvalue weighted by Crippen LogP contribution is -2.38. The second-order valence-corrected chi connectivity index (χ2v) is 6.48. The van der Waals surface area contributed by atoms with Gasteiger partial charge >= 0.3 is 11.9 Å². The van der Waals surface area contributed by atoms with Gasteiger partial charge in [0.15, 0.2) is 5.78 Å². The van der Waals surface area contributed by atoms with Crippen LogP contribution in [-0.4, -0.2) is 30.9 Å². The van der Waals surface area contributed by atoms with Gasteiger partial charge in [-0.3, -0.25) is 9.59 Å². The molecule has 0 saturated heterocycles. The minimum atomic E-state index is -1.04. The van der Waals surface area contributed by atoms with E-state index in [4.69, 9.17) is 9.47 Å². The van der Waals surface area contributed by atoms with Gasteiger partial charge in [-0.25, -0.2) is 4.79 Å². The molecule has 6 nitrogen and oxygen atoms in total. The molecule has 6 heteroatoms. The molecule has 0 radical (unpaired) electrons. The number of dihydropyridines is 1. The minimum Gasteiger partial charge on any atom is -0.465 e. The zero-order valence-electron chi connectivity index (χ0n) is 15.5. The van der Waals surface area contributed by atoms with Crippen molar-refractivity contribution < 1.29 is 23.9 Å². The maximum absolute atomic E-state index is 13.0. The van der Waals surface area contributed by atoms with Crippen LogP contribution < -0.4 is 5.32 Å². The van der Waals surface area contributed by atoms with Crippen molar-refractivity contribution in [3.63, 3.8) is 0 Å². The zero-order chi connectivity index (χ0) is 19.4. The Kier molecular flexibility index (Phi) is 5.74. The van der Waals surface area contributed by atoms with E-state index < -0.39 is 17.9 Å². The topological polar surface area (TPSA) is 81.7 Å². The average molecular weight is 369 g/mol. The van der Waals surface area contributed by atoms with Gasteiger partial charge < -0.3 is 14.8 Å². The molecule has 1 N–H and O–H groups in total. The van der Waals surface area contributed by atoms with E-state index in [0.29, 0.717) is 17.7 Å². The Morgan fingerprint density at radius 2 is 1.78 bits per heavy atom. The Balaban J connectivity index is 1.95. The molecule has 0 fully saturated rings. The molecule has 1 aliphatic heterocycles. The monoisotopic (exact) mass is 369 g/mol. The van der Waals surface area contributed by atoms with Gasteiger partial charge in [0.25, 0.3) is 0 Å². The SMILES string of the molecule is CCOC(=O)C1=CNC2=C(C(=O)C[C@H](c3ccccc3)C2)[C@H]1C(=O)OCC. The molecule has 1 aromatic rings. The van der Waals surface area contributed by atoms with Crippen molar-refractivity contribution in [1.29, 1.82) is 0 Å². The minimum absolute atomic E-state index is 0.0327. The number of ether oxygens (including phenoxy) is 2. The number of hydrogen-bond acceptors (Lipinski definition) is 6. The summed E-state index contributed by atoms with van der Waals surface area (Å²) in [5, 5.41) is 3.06. The second kappa shape index (κ2) is 8.20. The first-order chi connectivity index (χ1) is 13.1. The highest BCUT2D eigenvalue weighted by molar-refractivity contribution is 6.08. The third-order valence-corrected chi connectivity index (χ3v) is 4.81. The fourth-order valence-corrected chi connectivity index (χ4v) is 3.63. The summed E-state index contributed by atoms with van der Waals surface area (Å²) in [5.41, 5.74) is 2.19. The number of rotatable bonds is 5. The summed E-state index contributed by atoms with van der Waals surface area (Å²) in [7, 11) is 0. The number of benzene rings is 1. The molecule has 1 heterocycles. The van der Waals surface area contributed by atoms with Crippen LogP contribution in [-0.2, 0) is 23.9 Å². The van der Waals surface area contributed by atoms with Gasteiger partial charge in [-0.15, -0.1) is 0 Å². The van der Waals surface area contributed by atoms with Crippen LogP contribution in [0.1, 0.15) is 38.2 Å². The van der Waals surface area contributed by atoms with Crippen molar-refractivity contribution in [2.24, 2.45) is 5.92 Å². The van der Waals surface area contributed by atoms with Crippen molar-refractivity contribution in [1.82, 2.24) is 5.32 Å². The summed E-state index contributed by atoms with van der Waals surface area (Å²) in [6.07, 6.45) is 2.35. The number of Topliss-reactive ketones (excluding diaryl/α,β-unsaturated/α-hetero) is 1. The number of nitrogens with one attached hydrogen (secondary N) is 1. The lowest BCUT2D eigenvalue weighted by molar-refractivity contribution is -0.149. The van der Waals surface area contributed by atoms with E-state index >= 15 is 0 Å². The van der Waals surface area contributed by atoms with Crippen LogP contribution >= 0.6 is 0 Å². The third kappa shape index (κ3) is 3.79. The molecule has 0 unspecified atom stereocenters. The Morgan fingerprint density at radius 3 is 2.44 bits per heavy atom. The van der Waals surface area contributed by atoms with Gasteiger partial charge in [0.1, 0.15) is 5.92 Å². The predicted octanol–water partition coefficient (Wildman–Crippen LogP) is 2.62. The van der Waals surface area contributed by atoms with Crippen LogP contribution in [0.5, 0.6) is 0 Å². The normalized spacial score (nSPS) is 21.7. The molecular formula is C21H23NO5. The van der Waals surface area contributed by atoms with Gasteiger partial charge in [0.05, 0.1) is 18.8 Å². The Morgan fingerprint density at radius 1 is 1.07 bits per heavy atom. The molecule has 1 aliphatic carbocycles. The Labute approximate surface area is 158 Å². The molecular weight excluding hydrogens is 346 g/mol. The van der Waals surface area contributed by atoms with E-state index in [0.717, 1.165) is 5.56 Å². The fraction of sp³-hybridized carbons (Fsp3) is 0.381. The highest BCUT2D eigenvalue weighted by Crippen LogP contribution is 2.40. The number of hydrogen-bond donors (Lipinski definition) is 1. The maximum atomic E-state index is 13.0. The van der Waals surface area contributed by atoms with Gasteiger partial charge in [-0.2, -0.15) is 0 Å². The summed E-state index contributed by atoms with van der Waals surface area (Å²) < 4.78 is 10.2. The number of ketones is 1. The van der Waals surface area contributed by atoms with Crippen molar-refractivity contribution >= 4 is 17.7 Å². The molecule has 142 valence electrons. The standard InChI is InChI=1S/C21H23NO5/c1-3-26-20(24)15-12-22-16-10-14(13-8-6-5-7-9-13)11-17(23)19(16)18(15)21(25)27-4-2/h5-9,12,14,18,22H,3-4,10-11H2,1-2H3/t14-,18+/m1/s1. The molecule has 0 saturated carbocycles. The first-order valence-corrected chi connectivity index (χ1v) is 9.18. The van der Waals surface area contributed by atoms with E-state index in [2.05, 4.69) is 5.32 Å². The highest BCUT2D eigenvalue weighted by Gasteiger charge is 2.43. The molecule has 27 heavy (non-hydrogen) atoms. The fourth-order valence-electron chi connectivity index (χ4n) is 3.63. The molecule has 0 spiro atoms. The molecule has 2 atom stereocenters. The quantitative estimate of drug-likeness (QED) is 0.804. The number of carbonyl (C=O) groups is 3. The lowest BCUT2D eigenvalue weighted by atomic mass is 9.75. The van der Waals surface area contributed by atoms with Gasteiger partial charge in [-0.05, 0) is 31.7 Å².